The Morgan fingerprint density at radius 1 is 1.04 bits per heavy atom. The van der Waals surface area contributed by atoms with Crippen molar-refractivity contribution in [2.24, 2.45) is 0 Å². The molecule has 0 atom stereocenters. The van der Waals surface area contributed by atoms with E-state index in [0.717, 1.165) is 17.7 Å². The minimum Gasteiger partial charge on any atom is -0.507 e. The van der Waals surface area contributed by atoms with Crippen molar-refractivity contribution in [3.05, 3.63) is 75.7 Å². The molecule has 2 aromatic carbocycles. The van der Waals surface area contributed by atoms with E-state index in [1.54, 1.807) is 22.8 Å². The number of rotatable bonds is 3. The molecule has 0 fully saturated rings. The summed E-state index contributed by atoms with van der Waals surface area (Å²) in [6.45, 7) is 9.99. The summed E-state index contributed by atoms with van der Waals surface area (Å²) in [7, 11) is 0. The second kappa shape index (κ2) is 7.03. The van der Waals surface area contributed by atoms with Crippen LogP contribution in [0.4, 0.5) is 0 Å². The SMILES string of the molecule is CCc1ccccc1-n1c(-c2ccccc2O)nc(C)c(C(C)(C)C)c1=O. The number of aryl methyl sites for hydroxylation is 2. The smallest absolute Gasteiger partial charge is 0.262 e. The Hall–Kier alpha value is -2.88. The van der Waals surface area contributed by atoms with Gasteiger partial charge in [-0.15, -0.1) is 0 Å². The maximum absolute atomic E-state index is 13.7. The van der Waals surface area contributed by atoms with Crippen LogP contribution < -0.4 is 5.56 Å². The zero-order valence-corrected chi connectivity index (χ0v) is 16.6. The van der Waals surface area contributed by atoms with Crippen LogP contribution in [0.1, 0.15) is 44.5 Å². The summed E-state index contributed by atoms with van der Waals surface area (Å²) in [4.78, 5) is 18.4. The lowest BCUT2D eigenvalue weighted by Crippen LogP contribution is -2.33. The summed E-state index contributed by atoms with van der Waals surface area (Å²) in [6, 6.07) is 14.9. The average molecular weight is 362 g/mol. The molecule has 1 heterocycles. The zero-order chi connectivity index (χ0) is 19.8. The van der Waals surface area contributed by atoms with Gasteiger partial charge in [0.15, 0.2) is 5.82 Å². The molecule has 1 N–H and O–H groups in total. The number of aromatic hydroxyl groups is 1. The van der Waals surface area contributed by atoms with Crippen LogP contribution in [0, 0.1) is 6.92 Å². The quantitative estimate of drug-likeness (QED) is 0.730. The van der Waals surface area contributed by atoms with E-state index < -0.39 is 0 Å². The van der Waals surface area contributed by atoms with Crippen molar-refractivity contribution < 1.29 is 5.11 Å². The van der Waals surface area contributed by atoms with Gasteiger partial charge in [0.1, 0.15) is 5.75 Å². The van der Waals surface area contributed by atoms with Gasteiger partial charge in [-0.1, -0.05) is 58.0 Å². The van der Waals surface area contributed by atoms with Crippen molar-refractivity contribution in [1.82, 2.24) is 9.55 Å². The largest absolute Gasteiger partial charge is 0.507 e. The standard InChI is InChI=1S/C23H26N2O2/c1-6-16-11-7-9-13-18(16)25-21(17-12-8-10-14-19(17)26)24-15(2)20(22(25)27)23(3,4)5/h7-14,26H,6H2,1-5H3. The Morgan fingerprint density at radius 3 is 2.30 bits per heavy atom. The summed E-state index contributed by atoms with van der Waals surface area (Å²) in [5.41, 5.74) is 3.36. The molecule has 0 aliphatic carbocycles. The van der Waals surface area contributed by atoms with Crippen molar-refractivity contribution in [1.29, 1.82) is 0 Å². The third-order valence-electron chi connectivity index (χ3n) is 4.77. The molecule has 1 aromatic heterocycles. The topological polar surface area (TPSA) is 55.1 Å². The Morgan fingerprint density at radius 2 is 1.67 bits per heavy atom. The predicted molar refractivity (Wildman–Crippen MR) is 110 cm³/mol. The lowest BCUT2D eigenvalue weighted by atomic mass is 9.86. The highest BCUT2D eigenvalue weighted by molar-refractivity contribution is 5.66. The molecule has 0 bridgehead atoms. The van der Waals surface area contributed by atoms with Gasteiger partial charge in [0.25, 0.3) is 5.56 Å². The first-order valence-electron chi connectivity index (χ1n) is 9.26. The number of phenols is 1. The highest BCUT2D eigenvalue weighted by Gasteiger charge is 2.26. The lowest BCUT2D eigenvalue weighted by molar-refractivity contribution is 0.476. The van der Waals surface area contributed by atoms with Gasteiger partial charge >= 0.3 is 0 Å². The summed E-state index contributed by atoms with van der Waals surface area (Å²) in [6.07, 6.45) is 0.793. The van der Waals surface area contributed by atoms with Crippen LogP contribution in [0.25, 0.3) is 17.1 Å². The third kappa shape index (κ3) is 3.39. The van der Waals surface area contributed by atoms with E-state index >= 15 is 0 Å². The number of hydrogen-bond donors (Lipinski definition) is 1. The molecule has 0 radical (unpaired) electrons. The van der Waals surface area contributed by atoms with Gasteiger partial charge in [-0.25, -0.2) is 4.98 Å². The second-order valence-electron chi connectivity index (χ2n) is 7.79. The Kier molecular flexibility index (Phi) is 4.92. The maximum atomic E-state index is 13.7. The molecular formula is C23H26N2O2. The van der Waals surface area contributed by atoms with E-state index in [4.69, 9.17) is 4.98 Å². The number of aromatic nitrogens is 2. The van der Waals surface area contributed by atoms with Crippen molar-refractivity contribution in [2.75, 3.05) is 0 Å². The lowest BCUT2D eigenvalue weighted by Gasteiger charge is -2.24. The molecule has 0 amide bonds. The van der Waals surface area contributed by atoms with E-state index in [0.29, 0.717) is 22.6 Å². The molecule has 0 spiro atoms. The van der Waals surface area contributed by atoms with Crippen LogP contribution in [0.15, 0.2) is 53.3 Å². The van der Waals surface area contributed by atoms with Crippen molar-refractivity contribution in [2.45, 2.75) is 46.5 Å². The first kappa shape index (κ1) is 18.9. The van der Waals surface area contributed by atoms with E-state index in [1.807, 2.05) is 58.0 Å². The van der Waals surface area contributed by atoms with Crippen LogP contribution >= 0.6 is 0 Å². The minimum atomic E-state index is -0.339. The van der Waals surface area contributed by atoms with E-state index in [-0.39, 0.29) is 16.7 Å². The predicted octanol–water partition coefficient (Wildman–Crippen LogP) is 4.77. The number of phenolic OH excluding ortho intramolecular Hbond substituents is 1. The summed E-state index contributed by atoms with van der Waals surface area (Å²) >= 11 is 0. The fraction of sp³-hybridized carbons (Fsp3) is 0.304. The Bertz CT molecular complexity index is 1040. The molecule has 3 rings (SSSR count). The van der Waals surface area contributed by atoms with Gasteiger partial charge in [0.2, 0.25) is 0 Å². The van der Waals surface area contributed by atoms with Crippen LogP contribution in [0.2, 0.25) is 0 Å². The van der Waals surface area contributed by atoms with Crippen LogP contribution in [0.5, 0.6) is 5.75 Å². The molecule has 0 aliphatic heterocycles. The molecule has 0 unspecified atom stereocenters. The fourth-order valence-electron chi connectivity index (χ4n) is 3.59. The van der Waals surface area contributed by atoms with E-state index in [2.05, 4.69) is 6.92 Å². The van der Waals surface area contributed by atoms with E-state index in [9.17, 15) is 9.90 Å². The van der Waals surface area contributed by atoms with Crippen LogP contribution in [-0.2, 0) is 11.8 Å². The monoisotopic (exact) mass is 362 g/mol. The molecule has 3 aromatic rings. The molecule has 4 nitrogen and oxygen atoms in total. The minimum absolute atomic E-state index is 0.0887. The van der Waals surface area contributed by atoms with Crippen molar-refractivity contribution >= 4 is 0 Å². The van der Waals surface area contributed by atoms with Crippen molar-refractivity contribution in [3.8, 4) is 22.8 Å². The number of para-hydroxylation sites is 2. The highest BCUT2D eigenvalue weighted by Crippen LogP contribution is 2.31. The van der Waals surface area contributed by atoms with E-state index in [1.165, 1.54) is 0 Å². The number of nitrogens with zero attached hydrogens (tertiary/aromatic N) is 2. The van der Waals surface area contributed by atoms with Gasteiger partial charge in [-0.3, -0.25) is 9.36 Å². The second-order valence-corrected chi connectivity index (χ2v) is 7.79. The normalized spacial score (nSPS) is 11.6. The molecular weight excluding hydrogens is 336 g/mol. The first-order valence-corrected chi connectivity index (χ1v) is 9.26. The first-order chi connectivity index (χ1) is 12.8. The maximum Gasteiger partial charge on any atom is 0.262 e. The van der Waals surface area contributed by atoms with Gasteiger partial charge in [-0.2, -0.15) is 0 Å². The molecule has 0 aliphatic rings. The Labute approximate surface area is 160 Å². The molecule has 27 heavy (non-hydrogen) atoms. The Balaban J connectivity index is 2.49. The average Bonchev–Trinajstić information content (AvgIpc) is 2.60. The zero-order valence-electron chi connectivity index (χ0n) is 16.6. The third-order valence-corrected chi connectivity index (χ3v) is 4.77. The number of hydrogen-bond acceptors (Lipinski definition) is 3. The molecule has 4 heteroatoms. The molecule has 140 valence electrons. The van der Waals surface area contributed by atoms with Gasteiger partial charge in [-0.05, 0) is 42.5 Å². The van der Waals surface area contributed by atoms with Gasteiger partial charge in [0.05, 0.1) is 11.3 Å². The van der Waals surface area contributed by atoms with Gasteiger partial charge < -0.3 is 5.11 Å². The summed E-state index contributed by atoms with van der Waals surface area (Å²) < 4.78 is 1.65. The molecule has 0 saturated heterocycles. The highest BCUT2D eigenvalue weighted by atomic mass is 16.3. The molecule has 0 saturated carbocycles. The van der Waals surface area contributed by atoms with Crippen molar-refractivity contribution in [3.63, 3.8) is 0 Å². The fourth-order valence-corrected chi connectivity index (χ4v) is 3.59. The van der Waals surface area contributed by atoms with Gasteiger partial charge in [0, 0.05) is 11.3 Å². The van der Waals surface area contributed by atoms with Crippen LogP contribution in [-0.4, -0.2) is 14.7 Å². The van der Waals surface area contributed by atoms with Crippen LogP contribution in [0.3, 0.4) is 0 Å². The number of benzene rings is 2. The summed E-state index contributed by atoms with van der Waals surface area (Å²) in [5, 5.41) is 10.4. The summed E-state index contributed by atoms with van der Waals surface area (Å²) in [5.74, 6) is 0.569.